The van der Waals surface area contributed by atoms with E-state index < -0.39 is 25.2 Å². The zero-order valence-corrected chi connectivity index (χ0v) is 24.0. The predicted molar refractivity (Wildman–Crippen MR) is 149 cm³/mol. The number of amides is 1. The van der Waals surface area contributed by atoms with Gasteiger partial charge in [0.15, 0.2) is 5.82 Å². The summed E-state index contributed by atoms with van der Waals surface area (Å²) in [6, 6.07) is 5.04. The molecule has 3 heterocycles. The van der Waals surface area contributed by atoms with E-state index >= 15 is 0 Å². The third kappa shape index (κ3) is 7.21. The van der Waals surface area contributed by atoms with Crippen molar-refractivity contribution in [2.75, 3.05) is 57.9 Å². The van der Waals surface area contributed by atoms with Gasteiger partial charge in [-0.25, -0.2) is 23.5 Å². The number of aryl methyl sites for hydroxylation is 2. The Morgan fingerprint density at radius 3 is 2.66 bits per heavy atom. The highest BCUT2D eigenvalue weighted by Crippen LogP contribution is 2.37. The van der Waals surface area contributed by atoms with Crippen LogP contribution in [0.3, 0.4) is 0 Å². The average molecular weight is 595 g/mol. The number of carbonyl (C=O) groups excluding carboxylic acids is 1. The third-order valence-electron chi connectivity index (χ3n) is 6.59. The molecule has 0 unspecified atom stereocenters. The number of ether oxygens (including phenoxy) is 2. The quantitative estimate of drug-likeness (QED) is 0.357. The number of hydrogen-bond acceptors (Lipinski definition) is 10. The highest BCUT2D eigenvalue weighted by atomic mass is 35.5. The maximum Gasteiger partial charge on any atom is 0.410 e. The van der Waals surface area contributed by atoms with Gasteiger partial charge < -0.3 is 34.2 Å². The van der Waals surface area contributed by atoms with Gasteiger partial charge in [-0.3, -0.25) is 0 Å². The maximum absolute atomic E-state index is 13.1. The molecule has 0 saturated carbocycles. The minimum Gasteiger partial charge on any atom is -0.491 e. The Labute approximate surface area is 241 Å². The number of aliphatic hydroxyl groups excluding tert-OH is 1. The van der Waals surface area contributed by atoms with Crippen molar-refractivity contribution in [2.45, 2.75) is 33.3 Å². The molecule has 2 N–H and O–H groups in total. The van der Waals surface area contributed by atoms with E-state index in [0.29, 0.717) is 57.0 Å². The molecule has 0 bridgehead atoms. The molecule has 1 aromatic carbocycles. The van der Waals surface area contributed by atoms with Crippen LogP contribution in [-0.4, -0.2) is 96.7 Å². The van der Waals surface area contributed by atoms with Gasteiger partial charge in [-0.2, -0.15) is 0 Å². The molecule has 0 radical (unpaired) electrons. The van der Waals surface area contributed by atoms with Gasteiger partial charge in [-0.15, -0.1) is 0 Å². The van der Waals surface area contributed by atoms with E-state index in [1.807, 2.05) is 18.7 Å². The van der Waals surface area contributed by atoms with Gasteiger partial charge in [0, 0.05) is 30.8 Å². The molecule has 1 aliphatic rings. The standard InChI is InChI=1S/C27H33ClF2N6O5/c1-15-24(23-16(2)34-41-17(23)3)32-25(20-11-19(5-6-21(20)28)40-14-18(37)12-31-4)33-26(15)35-7-8-36(13-22(29)30)27(38)39-10-9-35/h5-6,11,18,22,31,37H,7-10,12-14H2,1-4H3/t18-/m1/s1. The van der Waals surface area contributed by atoms with Crippen molar-refractivity contribution in [1.82, 2.24) is 25.3 Å². The molecule has 1 aliphatic heterocycles. The summed E-state index contributed by atoms with van der Waals surface area (Å²) in [6.45, 7) is 5.67. The van der Waals surface area contributed by atoms with Crippen LogP contribution >= 0.6 is 11.6 Å². The molecule has 4 rings (SSSR count). The lowest BCUT2D eigenvalue weighted by molar-refractivity contribution is 0.0590. The Kier molecular flexibility index (Phi) is 9.94. The molecule has 14 heteroatoms. The van der Waals surface area contributed by atoms with Crippen molar-refractivity contribution in [3.05, 3.63) is 40.2 Å². The normalized spacial score (nSPS) is 15.1. The van der Waals surface area contributed by atoms with Crippen LogP contribution in [-0.2, 0) is 4.74 Å². The highest BCUT2D eigenvalue weighted by Gasteiger charge is 2.27. The predicted octanol–water partition coefficient (Wildman–Crippen LogP) is 3.86. The first kappa shape index (κ1) is 30.4. The van der Waals surface area contributed by atoms with Gasteiger partial charge >= 0.3 is 6.09 Å². The molecule has 2 aromatic heterocycles. The first-order valence-corrected chi connectivity index (χ1v) is 13.5. The van der Waals surface area contributed by atoms with E-state index in [-0.39, 0.29) is 38.7 Å². The summed E-state index contributed by atoms with van der Waals surface area (Å²) in [5, 5.41) is 17.4. The van der Waals surface area contributed by atoms with Crippen LogP contribution < -0.4 is 15.0 Å². The van der Waals surface area contributed by atoms with Crippen LogP contribution in [0.2, 0.25) is 5.02 Å². The number of anilines is 1. The van der Waals surface area contributed by atoms with Crippen molar-refractivity contribution >= 4 is 23.5 Å². The summed E-state index contributed by atoms with van der Waals surface area (Å²) in [5.74, 6) is 1.83. The lowest BCUT2D eigenvalue weighted by Crippen LogP contribution is -2.46. The summed E-state index contributed by atoms with van der Waals surface area (Å²) in [6.07, 6.45) is -4.17. The molecule has 3 aromatic rings. The van der Waals surface area contributed by atoms with Crippen LogP contribution in [0, 0.1) is 20.8 Å². The van der Waals surface area contributed by atoms with Crippen LogP contribution in [0.4, 0.5) is 19.4 Å². The monoisotopic (exact) mass is 594 g/mol. The van der Waals surface area contributed by atoms with Crippen LogP contribution in [0.15, 0.2) is 22.7 Å². The van der Waals surface area contributed by atoms with Crippen molar-refractivity contribution in [2.24, 2.45) is 0 Å². The number of nitrogens with one attached hydrogen (secondary N) is 1. The van der Waals surface area contributed by atoms with Gasteiger partial charge in [0.05, 0.1) is 35.1 Å². The summed E-state index contributed by atoms with van der Waals surface area (Å²) < 4.78 is 42.6. The van der Waals surface area contributed by atoms with Crippen LogP contribution in [0.25, 0.3) is 22.6 Å². The fourth-order valence-corrected chi connectivity index (χ4v) is 4.78. The molecule has 41 heavy (non-hydrogen) atoms. The fraction of sp³-hybridized carbons (Fsp3) is 0.481. The maximum atomic E-state index is 13.1. The summed E-state index contributed by atoms with van der Waals surface area (Å²) >= 11 is 6.62. The molecule has 0 aliphatic carbocycles. The summed E-state index contributed by atoms with van der Waals surface area (Å²) in [4.78, 5) is 24.8. The van der Waals surface area contributed by atoms with E-state index in [0.717, 1.165) is 4.90 Å². The Bertz CT molecular complexity index is 1350. The Morgan fingerprint density at radius 1 is 1.20 bits per heavy atom. The van der Waals surface area contributed by atoms with Crippen molar-refractivity contribution in [3.63, 3.8) is 0 Å². The number of nitrogens with zero attached hydrogens (tertiary/aromatic N) is 5. The van der Waals surface area contributed by atoms with E-state index in [1.165, 1.54) is 0 Å². The molecule has 11 nitrogen and oxygen atoms in total. The lowest BCUT2D eigenvalue weighted by atomic mass is 10.0. The van der Waals surface area contributed by atoms with Gasteiger partial charge in [0.25, 0.3) is 6.43 Å². The van der Waals surface area contributed by atoms with Crippen LogP contribution in [0.5, 0.6) is 5.75 Å². The number of hydrogen-bond donors (Lipinski definition) is 2. The third-order valence-corrected chi connectivity index (χ3v) is 6.92. The van der Waals surface area contributed by atoms with E-state index in [9.17, 15) is 18.7 Å². The molecular weight excluding hydrogens is 562 g/mol. The second kappa shape index (κ2) is 13.4. The topological polar surface area (TPSA) is 126 Å². The zero-order valence-electron chi connectivity index (χ0n) is 23.3. The highest BCUT2D eigenvalue weighted by molar-refractivity contribution is 6.33. The second-order valence-electron chi connectivity index (χ2n) is 9.65. The lowest BCUT2D eigenvalue weighted by Gasteiger charge is -2.32. The SMILES string of the molecule is CNC[C@@H](O)COc1ccc(Cl)c(-c2nc(-c3c(C)noc3C)c(C)c(N3CCOC(=O)N(CC(F)F)CC3)n2)c1. The molecule has 1 fully saturated rings. The number of carbonyl (C=O) groups is 1. The number of alkyl halides is 2. The second-order valence-corrected chi connectivity index (χ2v) is 10.1. The van der Waals surface area contributed by atoms with Gasteiger partial charge in [0.1, 0.15) is 36.6 Å². The van der Waals surface area contributed by atoms with Gasteiger partial charge in [-0.1, -0.05) is 16.8 Å². The molecular formula is C27H33ClF2N6O5. The first-order valence-electron chi connectivity index (χ1n) is 13.1. The van der Waals surface area contributed by atoms with Gasteiger partial charge in [0.2, 0.25) is 0 Å². The summed E-state index contributed by atoms with van der Waals surface area (Å²) in [7, 11) is 1.73. The number of benzene rings is 1. The number of aromatic nitrogens is 3. The van der Waals surface area contributed by atoms with Crippen LogP contribution in [0.1, 0.15) is 17.0 Å². The van der Waals surface area contributed by atoms with E-state index in [2.05, 4.69) is 10.5 Å². The average Bonchev–Trinajstić information content (AvgIpc) is 3.26. The van der Waals surface area contributed by atoms with Crippen molar-refractivity contribution in [3.8, 4) is 28.4 Å². The number of likely N-dealkylation sites (N-methyl/N-ethyl adjacent to an activating group) is 1. The smallest absolute Gasteiger partial charge is 0.410 e. The number of rotatable bonds is 10. The molecule has 0 spiro atoms. The minimum atomic E-state index is -2.69. The Hall–Kier alpha value is -3.55. The Morgan fingerprint density at radius 2 is 1.98 bits per heavy atom. The molecule has 222 valence electrons. The summed E-state index contributed by atoms with van der Waals surface area (Å²) in [5.41, 5.74) is 3.08. The van der Waals surface area contributed by atoms with Gasteiger partial charge in [-0.05, 0) is 46.0 Å². The molecule has 1 amide bonds. The number of aliphatic hydroxyl groups is 1. The fourth-order valence-electron chi connectivity index (χ4n) is 4.57. The zero-order chi connectivity index (χ0) is 29.7. The minimum absolute atomic E-state index is 0.0155. The first-order chi connectivity index (χ1) is 19.6. The van der Waals surface area contributed by atoms with E-state index in [4.69, 9.17) is 35.6 Å². The number of cyclic esters (lactones) is 1. The number of halogens is 3. The molecule has 1 atom stereocenters. The van der Waals surface area contributed by atoms with Crippen molar-refractivity contribution in [1.29, 1.82) is 0 Å². The van der Waals surface area contributed by atoms with E-state index in [1.54, 1.807) is 32.2 Å². The molecule has 1 saturated heterocycles. The Balaban J connectivity index is 1.78. The van der Waals surface area contributed by atoms with Crippen molar-refractivity contribution < 1.29 is 32.7 Å². The largest absolute Gasteiger partial charge is 0.491 e.